The van der Waals surface area contributed by atoms with Gasteiger partial charge < -0.3 is 16.6 Å². The Balaban J connectivity index is 4.11. The van der Waals surface area contributed by atoms with Gasteiger partial charge in [0.25, 0.3) is 0 Å². The fraction of sp³-hybridized carbons (Fsp3) is 0.714. The summed E-state index contributed by atoms with van der Waals surface area (Å²) in [4.78, 5) is 0. The maximum Gasteiger partial charge on any atom is 0.132 e. The number of allylic oxidation sites excluding steroid dienone is 1. The van der Waals surface area contributed by atoms with Crippen LogP contribution in [0.3, 0.4) is 0 Å². The Kier molecular flexibility index (Phi) is 5.23. The molecule has 0 bridgehead atoms. The Labute approximate surface area is 72.8 Å². The Hall–Kier alpha value is -0.940. The molecule has 5 heteroatoms. The molecule has 0 aromatic carbocycles. The van der Waals surface area contributed by atoms with Crippen molar-refractivity contribution in [3.8, 4) is 0 Å². The number of nitrogens with zero attached hydrogens (tertiary/aromatic N) is 1. The van der Waals surface area contributed by atoms with Gasteiger partial charge in [0, 0.05) is 0 Å². The summed E-state index contributed by atoms with van der Waals surface area (Å²) < 4.78 is 0. The molecule has 12 heavy (non-hydrogen) atoms. The third kappa shape index (κ3) is 3.45. The number of aliphatic hydroxyl groups excluding tert-OH is 1. The molecule has 0 spiro atoms. The highest BCUT2D eigenvalue weighted by Crippen LogP contribution is 2.01. The fourth-order valence-electron chi connectivity index (χ4n) is 0.810. The molecular weight excluding hydrogens is 156 g/mol. The first-order valence-electron chi connectivity index (χ1n) is 4.00. The molecule has 0 rings (SSSR count). The van der Waals surface area contributed by atoms with Crippen molar-refractivity contribution in [3.63, 3.8) is 0 Å². The van der Waals surface area contributed by atoms with Crippen molar-refractivity contribution >= 4 is 0 Å². The number of hydrogen-bond acceptors (Lipinski definition) is 5. The molecule has 72 valence electrons. The van der Waals surface area contributed by atoms with Gasteiger partial charge in [0.2, 0.25) is 0 Å². The van der Waals surface area contributed by atoms with E-state index in [-0.39, 0.29) is 6.61 Å². The number of rotatable bonds is 5. The molecule has 0 unspecified atom stereocenters. The maximum atomic E-state index is 8.56. The second kappa shape index (κ2) is 5.68. The van der Waals surface area contributed by atoms with E-state index in [4.69, 9.17) is 22.4 Å². The van der Waals surface area contributed by atoms with Crippen molar-refractivity contribution in [1.82, 2.24) is 5.01 Å². The standard InChI is InChI=1S/C7H18N4O/c1-2-3-6(8)7(9)11(10)4-5-12/h12H,2-5,8-10H2,1H3/b7-6+. The molecule has 0 aromatic heterocycles. The van der Waals surface area contributed by atoms with Gasteiger partial charge >= 0.3 is 0 Å². The molecule has 0 saturated heterocycles. The van der Waals surface area contributed by atoms with E-state index < -0.39 is 0 Å². The van der Waals surface area contributed by atoms with E-state index in [1.807, 2.05) is 6.92 Å². The third-order valence-electron chi connectivity index (χ3n) is 1.50. The first-order chi connectivity index (χ1) is 5.63. The highest BCUT2D eigenvalue weighted by atomic mass is 16.3. The first kappa shape index (κ1) is 11.1. The van der Waals surface area contributed by atoms with Gasteiger partial charge in [-0.1, -0.05) is 13.3 Å². The fourth-order valence-corrected chi connectivity index (χ4v) is 0.810. The summed E-state index contributed by atoms with van der Waals surface area (Å²) in [6, 6.07) is 0. The smallest absolute Gasteiger partial charge is 0.132 e. The van der Waals surface area contributed by atoms with Gasteiger partial charge in [-0.3, -0.25) is 5.01 Å². The second-order valence-corrected chi connectivity index (χ2v) is 2.58. The molecule has 7 N–H and O–H groups in total. The summed E-state index contributed by atoms with van der Waals surface area (Å²) >= 11 is 0. The van der Waals surface area contributed by atoms with Crippen LogP contribution in [0.5, 0.6) is 0 Å². The molecule has 0 atom stereocenters. The van der Waals surface area contributed by atoms with Crippen molar-refractivity contribution in [2.75, 3.05) is 13.2 Å². The van der Waals surface area contributed by atoms with Crippen molar-refractivity contribution in [3.05, 3.63) is 11.5 Å². The minimum Gasteiger partial charge on any atom is -0.399 e. The summed E-state index contributed by atoms with van der Waals surface area (Å²) in [5.74, 6) is 5.82. The summed E-state index contributed by atoms with van der Waals surface area (Å²) in [5.41, 5.74) is 11.8. The largest absolute Gasteiger partial charge is 0.399 e. The van der Waals surface area contributed by atoms with E-state index in [0.717, 1.165) is 12.8 Å². The van der Waals surface area contributed by atoms with Crippen LogP contribution in [0.4, 0.5) is 0 Å². The average Bonchev–Trinajstić information content (AvgIpc) is 2.04. The molecule has 0 amide bonds. The van der Waals surface area contributed by atoms with Gasteiger partial charge in [-0.2, -0.15) is 0 Å². The molecule has 0 aliphatic rings. The quantitative estimate of drug-likeness (QED) is 0.318. The van der Waals surface area contributed by atoms with E-state index in [9.17, 15) is 0 Å². The van der Waals surface area contributed by atoms with Crippen LogP contribution in [0.15, 0.2) is 11.5 Å². The summed E-state index contributed by atoms with van der Waals surface area (Å²) in [7, 11) is 0. The van der Waals surface area contributed by atoms with Crippen LogP contribution in [-0.4, -0.2) is 23.3 Å². The normalized spacial score (nSPS) is 12.6. The van der Waals surface area contributed by atoms with Crippen LogP contribution in [0.25, 0.3) is 0 Å². The summed E-state index contributed by atoms with van der Waals surface area (Å²) in [5, 5.41) is 9.81. The predicted molar refractivity (Wildman–Crippen MR) is 48.3 cm³/mol. The van der Waals surface area contributed by atoms with E-state index in [0.29, 0.717) is 18.1 Å². The molecule has 0 radical (unpaired) electrons. The van der Waals surface area contributed by atoms with Crippen molar-refractivity contribution in [1.29, 1.82) is 0 Å². The maximum absolute atomic E-state index is 8.56. The Morgan fingerprint density at radius 2 is 2.00 bits per heavy atom. The van der Waals surface area contributed by atoms with Crippen LogP contribution in [-0.2, 0) is 0 Å². The predicted octanol–water partition coefficient (Wildman–Crippen LogP) is -0.959. The van der Waals surface area contributed by atoms with Gasteiger partial charge in [-0.25, -0.2) is 5.84 Å². The second-order valence-electron chi connectivity index (χ2n) is 2.58. The lowest BCUT2D eigenvalue weighted by atomic mass is 10.2. The Morgan fingerprint density at radius 1 is 1.42 bits per heavy atom. The van der Waals surface area contributed by atoms with Crippen LogP contribution < -0.4 is 17.3 Å². The minimum absolute atomic E-state index is 0.0311. The van der Waals surface area contributed by atoms with Gasteiger partial charge in [0.05, 0.1) is 18.8 Å². The average molecular weight is 174 g/mol. The van der Waals surface area contributed by atoms with Crippen LogP contribution in [0.2, 0.25) is 0 Å². The third-order valence-corrected chi connectivity index (χ3v) is 1.50. The zero-order valence-electron chi connectivity index (χ0n) is 7.45. The lowest BCUT2D eigenvalue weighted by Crippen LogP contribution is -2.38. The zero-order chi connectivity index (χ0) is 9.56. The SMILES string of the molecule is CCC/C(N)=C(/N)N(N)CCO. The molecule has 5 nitrogen and oxygen atoms in total. The minimum atomic E-state index is -0.0311. The first-order valence-corrected chi connectivity index (χ1v) is 4.00. The number of hydrogen-bond donors (Lipinski definition) is 4. The lowest BCUT2D eigenvalue weighted by molar-refractivity contribution is 0.226. The highest BCUT2D eigenvalue weighted by molar-refractivity contribution is 5.04. The van der Waals surface area contributed by atoms with Crippen LogP contribution >= 0.6 is 0 Å². The lowest BCUT2D eigenvalue weighted by Gasteiger charge is -2.19. The topological polar surface area (TPSA) is 102 Å². The van der Waals surface area contributed by atoms with Gasteiger partial charge in [-0.05, 0) is 6.42 Å². The van der Waals surface area contributed by atoms with E-state index in [1.165, 1.54) is 5.01 Å². The Bertz CT molecular complexity index is 157. The van der Waals surface area contributed by atoms with Crippen molar-refractivity contribution < 1.29 is 5.11 Å². The molecule has 0 heterocycles. The van der Waals surface area contributed by atoms with Gasteiger partial charge in [0.1, 0.15) is 5.82 Å². The molecule has 0 aliphatic heterocycles. The van der Waals surface area contributed by atoms with E-state index in [1.54, 1.807) is 0 Å². The zero-order valence-corrected chi connectivity index (χ0v) is 7.45. The number of nitrogens with two attached hydrogens (primary N) is 3. The highest BCUT2D eigenvalue weighted by Gasteiger charge is 2.03. The molecule has 0 fully saturated rings. The molecular formula is C7H18N4O. The molecule has 0 aliphatic carbocycles. The van der Waals surface area contributed by atoms with E-state index in [2.05, 4.69) is 0 Å². The molecule has 0 saturated carbocycles. The Morgan fingerprint density at radius 3 is 2.42 bits per heavy atom. The monoisotopic (exact) mass is 174 g/mol. The number of hydrazine groups is 1. The van der Waals surface area contributed by atoms with Crippen molar-refractivity contribution in [2.45, 2.75) is 19.8 Å². The van der Waals surface area contributed by atoms with Gasteiger partial charge in [-0.15, -0.1) is 0 Å². The van der Waals surface area contributed by atoms with Gasteiger partial charge in [0.15, 0.2) is 0 Å². The number of aliphatic hydroxyl groups is 1. The van der Waals surface area contributed by atoms with Crippen LogP contribution in [0, 0.1) is 0 Å². The summed E-state index contributed by atoms with van der Waals surface area (Å²) in [6.45, 7) is 2.28. The summed E-state index contributed by atoms with van der Waals surface area (Å²) in [6.07, 6.45) is 1.66. The van der Waals surface area contributed by atoms with Crippen molar-refractivity contribution in [2.24, 2.45) is 17.3 Å². The van der Waals surface area contributed by atoms with Crippen LogP contribution in [0.1, 0.15) is 19.8 Å². The van der Waals surface area contributed by atoms with E-state index >= 15 is 0 Å². The molecule has 0 aromatic rings.